The first-order valence-corrected chi connectivity index (χ1v) is 10.7. The van der Waals surface area contributed by atoms with Crippen LogP contribution in [0.2, 0.25) is 5.02 Å². The molecule has 7 nitrogen and oxygen atoms in total. The number of methoxy groups -OCH3 is 2. The molecule has 0 unspecified atom stereocenters. The van der Waals surface area contributed by atoms with Crippen molar-refractivity contribution in [1.29, 1.82) is 0 Å². The maximum Gasteiger partial charge on any atom is 0.295 e. The zero-order valence-electron chi connectivity index (χ0n) is 17.8. The number of rotatable bonds is 6. The molecule has 0 bridgehead atoms. The molecule has 4 rings (SSSR count). The average molecular weight is 458 g/mol. The van der Waals surface area contributed by atoms with Crippen molar-refractivity contribution in [3.05, 3.63) is 64.2 Å². The van der Waals surface area contributed by atoms with Gasteiger partial charge in [-0.3, -0.25) is 9.59 Å². The molecule has 0 spiro atoms. The quantitative estimate of drug-likeness (QED) is 0.401. The Morgan fingerprint density at radius 1 is 1.16 bits per heavy atom. The van der Waals surface area contributed by atoms with Crippen molar-refractivity contribution in [2.24, 2.45) is 0 Å². The van der Waals surface area contributed by atoms with Gasteiger partial charge in [0.15, 0.2) is 0 Å². The summed E-state index contributed by atoms with van der Waals surface area (Å²) in [5, 5.41) is 11.6. The molecule has 2 saturated heterocycles. The van der Waals surface area contributed by atoms with Crippen molar-refractivity contribution >= 4 is 29.1 Å². The van der Waals surface area contributed by atoms with Gasteiger partial charge in [0.05, 0.1) is 31.9 Å². The number of hydrogen-bond acceptors (Lipinski definition) is 6. The molecule has 2 fully saturated rings. The third kappa shape index (κ3) is 4.06. The van der Waals surface area contributed by atoms with Crippen LogP contribution >= 0.6 is 11.6 Å². The molecule has 1 N–H and O–H groups in total. The van der Waals surface area contributed by atoms with E-state index < -0.39 is 17.7 Å². The van der Waals surface area contributed by atoms with Crippen LogP contribution in [-0.2, 0) is 14.3 Å². The molecule has 0 aliphatic carbocycles. The standard InChI is InChI=1S/C24H24ClNO6/c1-30-16-9-10-18(19(12-16)31-2)21-20(22(27)14-5-7-15(25)8-6-14)23(28)24(29)26(21)13-17-4-3-11-32-17/h5-10,12,17,21,27H,3-4,11,13H2,1-2H3/b22-20+/t17-,21+/m0/s1. The minimum Gasteiger partial charge on any atom is -0.507 e. The van der Waals surface area contributed by atoms with E-state index in [0.717, 1.165) is 12.8 Å². The maximum atomic E-state index is 13.1. The van der Waals surface area contributed by atoms with Gasteiger partial charge in [-0.1, -0.05) is 11.6 Å². The number of nitrogens with zero attached hydrogens (tertiary/aromatic N) is 1. The highest BCUT2D eigenvalue weighted by Gasteiger charge is 2.48. The van der Waals surface area contributed by atoms with E-state index in [1.165, 1.54) is 12.0 Å². The number of ether oxygens (including phenoxy) is 3. The topological polar surface area (TPSA) is 85.3 Å². The molecule has 2 aromatic carbocycles. The van der Waals surface area contributed by atoms with Crippen LogP contribution in [0, 0.1) is 0 Å². The molecule has 2 aromatic rings. The Morgan fingerprint density at radius 3 is 2.53 bits per heavy atom. The van der Waals surface area contributed by atoms with Crippen LogP contribution in [0.15, 0.2) is 48.0 Å². The van der Waals surface area contributed by atoms with Crippen LogP contribution in [0.1, 0.15) is 30.0 Å². The molecule has 168 valence electrons. The van der Waals surface area contributed by atoms with E-state index in [1.54, 1.807) is 49.6 Å². The van der Waals surface area contributed by atoms with Crippen LogP contribution in [0.5, 0.6) is 11.5 Å². The first-order chi connectivity index (χ1) is 15.4. The number of hydrogen-bond donors (Lipinski definition) is 1. The lowest BCUT2D eigenvalue weighted by Crippen LogP contribution is -2.36. The van der Waals surface area contributed by atoms with Crippen LogP contribution < -0.4 is 9.47 Å². The Morgan fingerprint density at radius 2 is 1.91 bits per heavy atom. The van der Waals surface area contributed by atoms with Crippen LogP contribution in [-0.4, -0.2) is 55.2 Å². The fraction of sp³-hybridized carbons (Fsp3) is 0.333. The third-order valence-electron chi connectivity index (χ3n) is 5.82. The summed E-state index contributed by atoms with van der Waals surface area (Å²) < 4.78 is 16.6. The molecule has 32 heavy (non-hydrogen) atoms. The van der Waals surface area contributed by atoms with E-state index in [0.29, 0.717) is 34.3 Å². The largest absolute Gasteiger partial charge is 0.507 e. The Labute approximate surface area is 191 Å². The predicted octanol–water partition coefficient (Wildman–Crippen LogP) is 3.96. The fourth-order valence-electron chi connectivity index (χ4n) is 4.21. The minimum absolute atomic E-state index is 0.00112. The van der Waals surface area contributed by atoms with E-state index in [-0.39, 0.29) is 24.0 Å². The number of halogens is 1. The zero-order valence-corrected chi connectivity index (χ0v) is 18.6. The molecule has 2 aliphatic heterocycles. The highest BCUT2D eigenvalue weighted by atomic mass is 35.5. The molecular formula is C24H24ClNO6. The summed E-state index contributed by atoms with van der Waals surface area (Å²) in [6, 6.07) is 10.8. The van der Waals surface area contributed by atoms with Gasteiger partial charge in [0, 0.05) is 35.4 Å². The molecule has 2 heterocycles. The van der Waals surface area contributed by atoms with E-state index in [2.05, 4.69) is 0 Å². The second kappa shape index (κ2) is 9.22. The van der Waals surface area contributed by atoms with Gasteiger partial charge in [-0.05, 0) is 49.2 Å². The number of carbonyl (C=O) groups is 2. The minimum atomic E-state index is -0.837. The first kappa shape index (κ1) is 22.2. The summed E-state index contributed by atoms with van der Waals surface area (Å²) in [6.45, 7) is 0.859. The molecule has 0 saturated carbocycles. The van der Waals surface area contributed by atoms with Gasteiger partial charge in [0.25, 0.3) is 11.7 Å². The second-order valence-electron chi connectivity index (χ2n) is 7.70. The lowest BCUT2D eigenvalue weighted by Gasteiger charge is -2.28. The molecule has 2 atom stereocenters. The third-order valence-corrected chi connectivity index (χ3v) is 6.07. The number of ketones is 1. The molecule has 1 amide bonds. The van der Waals surface area contributed by atoms with Crippen molar-refractivity contribution in [3.8, 4) is 11.5 Å². The normalized spacial score (nSPS) is 22.4. The van der Waals surface area contributed by atoms with Crippen LogP contribution in [0.3, 0.4) is 0 Å². The number of Topliss-reactive ketones (excluding diaryl/α,β-unsaturated/α-hetero) is 1. The first-order valence-electron chi connectivity index (χ1n) is 10.3. The van der Waals surface area contributed by atoms with E-state index in [4.69, 9.17) is 25.8 Å². The summed E-state index contributed by atoms with van der Waals surface area (Å²) >= 11 is 5.97. The van der Waals surface area contributed by atoms with E-state index in [1.807, 2.05) is 0 Å². The van der Waals surface area contributed by atoms with Gasteiger partial charge in [-0.2, -0.15) is 0 Å². The fourth-order valence-corrected chi connectivity index (χ4v) is 4.33. The van der Waals surface area contributed by atoms with Crippen molar-refractivity contribution in [3.63, 3.8) is 0 Å². The van der Waals surface area contributed by atoms with Crippen LogP contribution in [0.25, 0.3) is 5.76 Å². The lowest BCUT2D eigenvalue weighted by atomic mass is 9.94. The Kier molecular flexibility index (Phi) is 6.39. The van der Waals surface area contributed by atoms with Gasteiger partial charge in [0.1, 0.15) is 17.3 Å². The van der Waals surface area contributed by atoms with Gasteiger partial charge >= 0.3 is 0 Å². The monoisotopic (exact) mass is 457 g/mol. The van der Waals surface area contributed by atoms with Gasteiger partial charge in [-0.25, -0.2) is 0 Å². The smallest absolute Gasteiger partial charge is 0.295 e. The van der Waals surface area contributed by atoms with E-state index in [9.17, 15) is 14.7 Å². The van der Waals surface area contributed by atoms with Gasteiger partial charge in [0.2, 0.25) is 0 Å². The highest BCUT2D eigenvalue weighted by molar-refractivity contribution is 6.46. The summed E-state index contributed by atoms with van der Waals surface area (Å²) in [5.74, 6) is -0.690. The predicted molar refractivity (Wildman–Crippen MR) is 119 cm³/mol. The summed E-state index contributed by atoms with van der Waals surface area (Å²) in [6.07, 6.45) is 1.53. The molecule has 0 radical (unpaired) electrons. The number of benzene rings is 2. The van der Waals surface area contributed by atoms with Crippen LogP contribution in [0.4, 0.5) is 0 Å². The average Bonchev–Trinajstić information content (AvgIpc) is 3.41. The number of aliphatic hydroxyl groups excluding tert-OH is 1. The van der Waals surface area contributed by atoms with Gasteiger partial charge in [-0.15, -0.1) is 0 Å². The maximum absolute atomic E-state index is 13.1. The van der Waals surface area contributed by atoms with Crippen molar-refractivity contribution < 1.29 is 28.9 Å². The lowest BCUT2D eigenvalue weighted by molar-refractivity contribution is -0.140. The molecule has 8 heteroatoms. The summed E-state index contributed by atoms with van der Waals surface area (Å²) in [5.41, 5.74) is 0.960. The zero-order chi connectivity index (χ0) is 22.8. The van der Waals surface area contributed by atoms with Crippen molar-refractivity contribution in [1.82, 2.24) is 4.90 Å². The second-order valence-corrected chi connectivity index (χ2v) is 8.14. The molecular weight excluding hydrogens is 434 g/mol. The van der Waals surface area contributed by atoms with Gasteiger partial charge < -0.3 is 24.2 Å². The number of carbonyl (C=O) groups excluding carboxylic acids is 2. The summed E-state index contributed by atoms with van der Waals surface area (Å²) in [4.78, 5) is 27.7. The molecule has 2 aliphatic rings. The van der Waals surface area contributed by atoms with E-state index >= 15 is 0 Å². The Hall–Kier alpha value is -3.03. The Balaban J connectivity index is 1.87. The van der Waals surface area contributed by atoms with Crippen molar-refractivity contribution in [2.45, 2.75) is 25.0 Å². The SMILES string of the molecule is COc1ccc([C@@H]2/C(=C(\O)c3ccc(Cl)cc3)C(=O)C(=O)N2C[C@@H]2CCCO2)c(OC)c1. The summed E-state index contributed by atoms with van der Waals surface area (Å²) in [7, 11) is 3.04. The Bertz CT molecular complexity index is 1060. The highest BCUT2D eigenvalue weighted by Crippen LogP contribution is 2.44. The number of likely N-dealkylation sites (tertiary alicyclic amines) is 1. The number of aliphatic hydroxyl groups is 1. The number of amides is 1. The van der Waals surface area contributed by atoms with Crippen molar-refractivity contribution in [2.75, 3.05) is 27.4 Å². The molecule has 0 aromatic heterocycles.